The van der Waals surface area contributed by atoms with Crippen LogP contribution in [0, 0.1) is 6.42 Å². The van der Waals surface area contributed by atoms with E-state index in [2.05, 4.69) is 62.7 Å². The van der Waals surface area contributed by atoms with Crippen LogP contribution in [0.25, 0.3) is 11.1 Å². The van der Waals surface area contributed by atoms with Gasteiger partial charge in [0.15, 0.2) is 0 Å². The fraction of sp³-hybridized carbons (Fsp3) is 0.188. The van der Waals surface area contributed by atoms with Gasteiger partial charge in [-0.15, -0.1) is 0 Å². The Morgan fingerprint density at radius 3 is 2.44 bits per heavy atom. The summed E-state index contributed by atoms with van der Waals surface area (Å²) in [6.45, 7) is 4.47. The molecule has 16 heavy (non-hydrogen) atoms. The van der Waals surface area contributed by atoms with Gasteiger partial charge < -0.3 is 0 Å². The first-order chi connectivity index (χ1) is 7.77. The summed E-state index contributed by atoms with van der Waals surface area (Å²) in [6.07, 6.45) is 3.53. The van der Waals surface area contributed by atoms with E-state index in [1.165, 1.54) is 27.8 Å². The third-order valence-electron chi connectivity index (χ3n) is 3.20. The highest BCUT2D eigenvalue weighted by molar-refractivity contribution is 5.82. The quantitative estimate of drug-likeness (QED) is 0.558. The standard InChI is InChI=1S/C16H14/c1-11(2)13-8-5-9-15-14-7-4-3-6-12(14)10-16(13)15/h3-9,11H,1-2H3. The Kier molecular flexibility index (Phi) is 2.10. The molecule has 2 radical (unpaired) electrons. The fourth-order valence-corrected chi connectivity index (χ4v) is 2.38. The number of fused-ring (bicyclic) bond motifs is 3. The first-order valence-corrected chi connectivity index (χ1v) is 5.76. The Morgan fingerprint density at radius 2 is 1.62 bits per heavy atom. The average Bonchev–Trinajstić information content (AvgIpc) is 2.67. The molecule has 0 saturated carbocycles. The van der Waals surface area contributed by atoms with Gasteiger partial charge in [0.2, 0.25) is 0 Å². The minimum Gasteiger partial charge on any atom is -0.0619 e. The largest absolute Gasteiger partial charge is 0.0619 e. The van der Waals surface area contributed by atoms with Crippen molar-refractivity contribution in [3.05, 3.63) is 65.6 Å². The first kappa shape index (κ1) is 9.65. The number of hydrogen-bond acceptors (Lipinski definition) is 0. The van der Waals surface area contributed by atoms with E-state index < -0.39 is 0 Å². The maximum absolute atomic E-state index is 3.53. The third kappa shape index (κ3) is 1.30. The van der Waals surface area contributed by atoms with Crippen LogP contribution in [-0.4, -0.2) is 0 Å². The van der Waals surface area contributed by atoms with E-state index in [1.807, 2.05) is 0 Å². The van der Waals surface area contributed by atoms with E-state index >= 15 is 0 Å². The molecule has 1 aliphatic carbocycles. The molecular weight excluding hydrogens is 192 g/mol. The molecule has 1 aliphatic rings. The average molecular weight is 206 g/mol. The first-order valence-electron chi connectivity index (χ1n) is 5.76. The van der Waals surface area contributed by atoms with Crippen LogP contribution in [0.1, 0.15) is 36.5 Å². The van der Waals surface area contributed by atoms with Gasteiger partial charge in [-0.1, -0.05) is 56.3 Å². The predicted octanol–water partition coefficient (Wildman–Crippen LogP) is 4.27. The molecule has 0 spiro atoms. The zero-order valence-corrected chi connectivity index (χ0v) is 9.62. The lowest BCUT2D eigenvalue weighted by molar-refractivity contribution is 0.861. The molecule has 0 fully saturated rings. The maximum atomic E-state index is 3.53. The summed E-state index contributed by atoms with van der Waals surface area (Å²) in [7, 11) is 0. The second-order valence-corrected chi connectivity index (χ2v) is 4.60. The zero-order chi connectivity index (χ0) is 11.1. The summed E-state index contributed by atoms with van der Waals surface area (Å²) in [4.78, 5) is 0. The molecule has 0 N–H and O–H groups in total. The van der Waals surface area contributed by atoms with Crippen LogP contribution >= 0.6 is 0 Å². The third-order valence-corrected chi connectivity index (χ3v) is 3.20. The van der Waals surface area contributed by atoms with Crippen molar-refractivity contribution >= 4 is 0 Å². The van der Waals surface area contributed by atoms with Crippen LogP contribution in [0.4, 0.5) is 0 Å². The number of rotatable bonds is 1. The zero-order valence-electron chi connectivity index (χ0n) is 9.62. The lowest BCUT2D eigenvalue weighted by Gasteiger charge is -2.10. The van der Waals surface area contributed by atoms with Crippen molar-refractivity contribution in [3.8, 4) is 11.1 Å². The fourth-order valence-electron chi connectivity index (χ4n) is 2.38. The van der Waals surface area contributed by atoms with Crippen molar-refractivity contribution < 1.29 is 0 Å². The number of hydrogen-bond donors (Lipinski definition) is 0. The molecule has 0 amide bonds. The molecule has 0 saturated heterocycles. The summed E-state index contributed by atoms with van der Waals surface area (Å²) in [5.74, 6) is 0.553. The van der Waals surface area contributed by atoms with E-state index in [9.17, 15) is 0 Å². The van der Waals surface area contributed by atoms with Crippen LogP contribution in [0.2, 0.25) is 0 Å². The predicted molar refractivity (Wildman–Crippen MR) is 67.4 cm³/mol. The van der Waals surface area contributed by atoms with Crippen molar-refractivity contribution in [1.29, 1.82) is 0 Å². The summed E-state index contributed by atoms with van der Waals surface area (Å²) >= 11 is 0. The molecule has 3 rings (SSSR count). The maximum Gasteiger partial charge on any atom is 0.0517 e. The molecule has 0 nitrogen and oxygen atoms in total. The molecule has 78 valence electrons. The molecule has 0 aliphatic heterocycles. The highest BCUT2D eigenvalue weighted by atomic mass is 14.2. The van der Waals surface area contributed by atoms with E-state index in [0.717, 1.165) is 0 Å². The molecular formula is C16H14. The molecule has 2 aromatic carbocycles. The van der Waals surface area contributed by atoms with Crippen LogP contribution in [0.5, 0.6) is 0 Å². The summed E-state index contributed by atoms with van der Waals surface area (Å²) in [6, 6.07) is 15.0. The molecule has 0 aromatic heterocycles. The van der Waals surface area contributed by atoms with Gasteiger partial charge in [-0.25, -0.2) is 0 Å². The topological polar surface area (TPSA) is 0 Å². The second-order valence-electron chi connectivity index (χ2n) is 4.60. The van der Waals surface area contributed by atoms with E-state index in [1.54, 1.807) is 0 Å². The van der Waals surface area contributed by atoms with Gasteiger partial charge in [0.25, 0.3) is 0 Å². The van der Waals surface area contributed by atoms with Crippen molar-refractivity contribution in [1.82, 2.24) is 0 Å². The number of benzene rings is 2. The SMILES string of the molecule is CC(C)c1cccc2c1[C]c1ccccc1-2. The highest BCUT2D eigenvalue weighted by Crippen LogP contribution is 2.41. The Labute approximate surface area is 96.9 Å². The van der Waals surface area contributed by atoms with Gasteiger partial charge in [0, 0.05) is 0 Å². The van der Waals surface area contributed by atoms with Crippen molar-refractivity contribution in [3.63, 3.8) is 0 Å². The summed E-state index contributed by atoms with van der Waals surface area (Å²) < 4.78 is 0. The van der Waals surface area contributed by atoms with Gasteiger partial charge in [-0.2, -0.15) is 0 Å². The Hall–Kier alpha value is -1.56. The van der Waals surface area contributed by atoms with Gasteiger partial charge in [-0.3, -0.25) is 0 Å². The summed E-state index contributed by atoms with van der Waals surface area (Å²) in [5.41, 5.74) is 6.57. The van der Waals surface area contributed by atoms with Gasteiger partial charge >= 0.3 is 0 Å². The normalized spacial score (nSPS) is 12.7. The van der Waals surface area contributed by atoms with Gasteiger partial charge in [-0.05, 0) is 33.7 Å². The minimum absolute atomic E-state index is 0.553. The second kappa shape index (κ2) is 3.48. The highest BCUT2D eigenvalue weighted by Gasteiger charge is 2.21. The van der Waals surface area contributed by atoms with Crippen molar-refractivity contribution in [2.75, 3.05) is 0 Å². The molecule has 0 bridgehead atoms. The van der Waals surface area contributed by atoms with E-state index in [-0.39, 0.29) is 0 Å². The van der Waals surface area contributed by atoms with Gasteiger partial charge in [0.1, 0.15) is 0 Å². The van der Waals surface area contributed by atoms with Crippen LogP contribution in [-0.2, 0) is 0 Å². The van der Waals surface area contributed by atoms with Crippen LogP contribution < -0.4 is 0 Å². The molecule has 0 atom stereocenters. The molecule has 0 heterocycles. The lowest BCUT2D eigenvalue weighted by Crippen LogP contribution is -1.93. The molecule has 2 aromatic rings. The van der Waals surface area contributed by atoms with Crippen molar-refractivity contribution in [2.24, 2.45) is 0 Å². The van der Waals surface area contributed by atoms with Crippen LogP contribution in [0.3, 0.4) is 0 Å². The Balaban J connectivity index is 2.24. The van der Waals surface area contributed by atoms with E-state index in [4.69, 9.17) is 0 Å². The monoisotopic (exact) mass is 206 g/mol. The smallest absolute Gasteiger partial charge is 0.0517 e. The lowest BCUT2D eigenvalue weighted by atomic mass is 9.94. The Bertz CT molecular complexity index is 535. The molecule has 0 unspecified atom stereocenters. The summed E-state index contributed by atoms with van der Waals surface area (Å²) in [5, 5.41) is 0. The Morgan fingerprint density at radius 1 is 0.875 bits per heavy atom. The van der Waals surface area contributed by atoms with E-state index in [0.29, 0.717) is 5.92 Å². The van der Waals surface area contributed by atoms with Crippen molar-refractivity contribution in [2.45, 2.75) is 19.8 Å². The van der Waals surface area contributed by atoms with Gasteiger partial charge in [0.05, 0.1) is 6.42 Å². The minimum atomic E-state index is 0.553. The molecule has 0 heteroatoms. The van der Waals surface area contributed by atoms with Crippen LogP contribution in [0.15, 0.2) is 42.5 Å².